The molecule has 0 unspecified atom stereocenters. The van der Waals surface area contributed by atoms with E-state index in [1.165, 1.54) is 0 Å². The van der Waals surface area contributed by atoms with Gasteiger partial charge in [-0.05, 0) is 12.8 Å². The summed E-state index contributed by atoms with van der Waals surface area (Å²) in [5.41, 5.74) is 5.59. The van der Waals surface area contributed by atoms with Gasteiger partial charge in [-0.1, -0.05) is 6.08 Å². The number of thiol groups is 1. The molecule has 0 atom stereocenters. The van der Waals surface area contributed by atoms with Crippen molar-refractivity contribution in [3.63, 3.8) is 0 Å². The van der Waals surface area contributed by atoms with E-state index in [9.17, 15) is 0 Å². The van der Waals surface area contributed by atoms with Crippen LogP contribution < -0.4 is 11.0 Å². The van der Waals surface area contributed by atoms with Gasteiger partial charge in [0.2, 0.25) is 0 Å². The zero-order chi connectivity index (χ0) is 5.11. The fourth-order valence-electron chi connectivity index (χ4n) is 0.375. The smallest absolute Gasteiger partial charge is 0.0316 e. The van der Waals surface area contributed by atoms with Crippen LogP contribution in [0.3, 0.4) is 0 Å². The van der Waals surface area contributed by atoms with Crippen molar-refractivity contribution >= 4 is 12.8 Å². The molecule has 0 aromatic carbocycles. The van der Waals surface area contributed by atoms with Gasteiger partial charge in [0.1, 0.15) is 0 Å². The molecule has 0 amide bonds. The average molecular weight is 117 g/mol. The Morgan fingerprint density at radius 1 is 1.71 bits per heavy atom. The fourth-order valence-corrected chi connectivity index (χ4v) is 0.540. The average Bonchev–Trinajstić information content (AvgIpc) is 1.69. The van der Waals surface area contributed by atoms with Crippen molar-refractivity contribution in [2.24, 2.45) is 0 Å². The number of hydrogen-bond acceptors (Lipinski definition) is 4. The Hall–Kier alpha value is -0.190. The standard InChI is InChI=1S/C3H7N3S/c7-6-3-1-2-4-5-6/h1,3-5,7H,2H2. The summed E-state index contributed by atoms with van der Waals surface area (Å²) in [7, 11) is 0. The van der Waals surface area contributed by atoms with Gasteiger partial charge in [-0.25, -0.2) is 9.84 Å². The van der Waals surface area contributed by atoms with Gasteiger partial charge in [0.25, 0.3) is 0 Å². The Bertz CT molecular complexity index is 82.2. The van der Waals surface area contributed by atoms with Crippen molar-refractivity contribution in [2.45, 2.75) is 0 Å². The zero-order valence-corrected chi connectivity index (χ0v) is 4.65. The lowest BCUT2D eigenvalue weighted by Crippen LogP contribution is -2.41. The van der Waals surface area contributed by atoms with Gasteiger partial charge in [-0.15, -0.1) is 0 Å². The van der Waals surface area contributed by atoms with Crippen LogP contribution in [-0.2, 0) is 0 Å². The summed E-state index contributed by atoms with van der Waals surface area (Å²) in [6.07, 6.45) is 3.79. The first kappa shape index (κ1) is 4.96. The predicted octanol–water partition coefficient (Wildman–Crippen LogP) is -0.330. The third kappa shape index (κ3) is 1.38. The van der Waals surface area contributed by atoms with Crippen LogP contribution in [-0.4, -0.2) is 11.0 Å². The molecule has 0 fully saturated rings. The second-order valence-electron chi connectivity index (χ2n) is 1.22. The molecule has 0 radical (unpaired) electrons. The van der Waals surface area contributed by atoms with Gasteiger partial charge in [0.05, 0.1) is 0 Å². The second-order valence-corrected chi connectivity index (χ2v) is 1.65. The molecule has 0 bridgehead atoms. The number of nitrogens with one attached hydrogen (secondary N) is 2. The Kier molecular flexibility index (Phi) is 1.56. The third-order valence-corrected chi connectivity index (χ3v) is 0.893. The normalized spacial score (nSPS) is 20.4. The van der Waals surface area contributed by atoms with Crippen molar-refractivity contribution in [3.8, 4) is 0 Å². The van der Waals surface area contributed by atoms with Gasteiger partial charge in [-0.2, -0.15) is 5.53 Å². The monoisotopic (exact) mass is 117 g/mol. The SMILES string of the molecule is SN1C=CCNN1. The Morgan fingerprint density at radius 2 is 2.57 bits per heavy atom. The Morgan fingerprint density at radius 3 is 2.86 bits per heavy atom. The summed E-state index contributed by atoms with van der Waals surface area (Å²) >= 11 is 3.93. The van der Waals surface area contributed by atoms with Gasteiger partial charge >= 0.3 is 0 Å². The summed E-state index contributed by atoms with van der Waals surface area (Å²) in [6.45, 7) is 0.858. The zero-order valence-electron chi connectivity index (χ0n) is 3.76. The van der Waals surface area contributed by atoms with Crippen LogP contribution in [0.25, 0.3) is 0 Å². The Labute approximate surface area is 47.9 Å². The highest BCUT2D eigenvalue weighted by Gasteiger charge is 1.91. The maximum Gasteiger partial charge on any atom is 0.0316 e. The molecule has 1 heterocycles. The molecule has 3 nitrogen and oxygen atoms in total. The minimum atomic E-state index is 0.858. The second kappa shape index (κ2) is 2.20. The lowest BCUT2D eigenvalue weighted by molar-refractivity contribution is 0.363. The molecule has 40 valence electrons. The number of hydrazine groups is 2. The lowest BCUT2D eigenvalue weighted by atomic mass is 10.6. The topological polar surface area (TPSA) is 27.3 Å². The maximum atomic E-state index is 3.93. The van der Waals surface area contributed by atoms with Crippen molar-refractivity contribution in [3.05, 3.63) is 12.3 Å². The van der Waals surface area contributed by atoms with Crippen LogP contribution >= 0.6 is 12.8 Å². The molecule has 0 aromatic rings. The molecule has 0 saturated heterocycles. The Balaban J connectivity index is 2.36. The maximum absolute atomic E-state index is 3.93. The van der Waals surface area contributed by atoms with E-state index in [0.29, 0.717) is 0 Å². The van der Waals surface area contributed by atoms with Gasteiger partial charge in [0, 0.05) is 12.7 Å². The van der Waals surface area contributed by atoms with Crippen LogP contribution in [0.2, 0.25) is 0 Å². The molecular formula is C3H7N3S. The minimum absolute atomic E-state index is 0.858. The molecule has 0 spiro atoms. The van der Waals surface area contributed by atoms with E-state index in [-0.39, 0.29) is 0 Å². The summed E-state index contributed by atoms with van der Waals surface area (Å²) in [6, 6.07) is 0. The van der Waals surface area contributed by atoms with E-state index in [0.717, 1.165) is 6.54 Å². The number of rotatable bonds is 0. The van der Waals surface area contributed by atoms with Crippen LogP contribution in [0.1, 0.15) is 0 Å². The molecule has 1 aliphatic heterocycles. The highest BCUT2D eigenvalue weighted by atomic mass is 32.1. The predicted molar refractivity (Wildman–Crippen MR) is 31.1 cm³/mol. The van der Waals surface area contributed by atoms with E-state index in [1.807, 2.05) is 12.3 Å². The van der Waals surface area contributed by atoms with E-state index in [4.69, 9.17) is 0 Å². The first-order valence-corrected chi connectivity index (χ1v) is 2.43. The van der Waals surface area contributed by atoms with Gasteiger partial charge in [-0.3, -0.25) is 0 Å². The molecule has 0 saturated carbocycles. The van der Waals surface area contributed by atoms with Crippen molar-refractivity contribution < 1.29 is 0 Å². The van der Waals surface area contributed by atoms with Crippen LogP contribution in [0.4, 0.5) is 0 Å². The first-order valence-electron chi connectivity index (χ1n) is 2.03. The molecule has 7 heavy (non-hydrogen) atoms. The van der Waals surface area contributed by atoms with Crippen molar-refractivity contribution in [1.29, 1.82) is 0 Å². The summed E-state index contributed by atoms with van der Waals surface area (Å²) < 4.78 is 1.55. The fraction of sp³-hybridized carbons (Fsp3) is 0.333. The van der Waals surface area contributed by atoms with Gasteiger partial charge in [0.15, 0.2) is 0 Å². The first-order chi connectivity index (χ1) is 3.39. The highest BCUT2D eigenvalue weighted by Crippen LogP contribution is 1.88. The van der Waals surface area contributed by atoms with Crippen LogP contribution in [0.15, 0.2) is 12.3 Å². The summed E-state index contributed by atoms with van der Waals surface area (Å²) in [5, 5.41) is 0. The molecule has 0 aliphatic carbocycles. The van der Waals surface area contributed by atoms with Crippen molar-refractivity contribution in [2.75, 3.05) is 6.54 Å². The molecule has 1 rings (SSSR count). The quantitative estimate of drug-likeness (QED) is 0.379. The molecule has 2 N–H and O–H groups in total. The molecule has 1 aliphatic rings. The minimum Gasteiger partial charge on any atom is -0.248 e. The lowest BCUT2D eigenvalue weighted by Gasteiger charge is -2.17. The summed E-state index contributed by atoms with van der Waals surface area (Å²) in [4.78, 5) is 0. The van der Waals surface area contributed by atoms with Gasteiger partial charge < -0.3 is 0 Å². The van der Waals surface area contributed by atoms with E-state index >= 15 is 0 Å². The number of nitrogens with zero attached hydrogens (tertiary/aromatic N) is 1. The number of hydrogen-bond donors (Lipinski definition) is 3. The third-order valence-electron chi connectivity index (χ3n) is 0.660. The highest BCUT2D eigenvalue weighted by molar-refractivity contribution is 7.77. The molecule has 4 heteroatoms. The molecular weight excluding hydrogens is 110 g/mol. The van der Waals surface area contributed by atoms with Crippen LogP contribution in [0.5, 0.6) is 0 Å². The van der Waals surface area contributed by atoms with Crippen molar-refractivity contribution in [1.82, 2.24) is 15.4 Å². The molecule has 0 aromatic heterocycles. The van der Waals surface area contributed by atoms with E-state index in [2.05, 4.69) is 23.8 Å². The van der Waals surface area contributed by atoms with E-state index < -0.39 is 0 Å². The largest absolute Gasteiger partial charge is 0.248 e. The van der Waals surface area contributed by atoms with E-state index in [1.54, 1.807) is 4.41 Å². The van der Waals surface area contributed by atoms with Crippen LogP contribution in [0, 0.1) is 0 Å². The summed E-state index contributed by atoms with van der Waals surface area (Å²) in [5.74, 6) is 0.